The van der Waals surface area contributed by atoms with Crippen LogP contribution in [0.2, 0.25) is 0 Å². The van der Waals surface area contributed by atoms with Crippen LogP contribution in [0.1, 0.15) is 26.2 Å². The lowest BCUT2D eigenvalue weighted by molar-refractivity contribution is 0.189. The molecule has 0 aromatic heterocycles. The number of hydrogen-bond acceptors (Lipinski definition) is 2. The molecule has 1 unspecified atom stereocenters. The maximum Gasteiger partial charge on any atom is 0.117 e. The lowest BCUT2D eigenvalue weighted by Gasteiger charge is -2.19. The van der Waals surface area contributed by atoms with Gasteiger partial charge in [0, 0.05) is 12.5 Å². The Morgan fingerprint density at radius 1 is 1.54 bits per heavy atom. The Bertz CT molecular complexity index is 257. The van der Waals surface area contributed by atoms with Crippen LogP contribution in [0.5, 0.6) is 0 Å². The predicted octanol–water partition coefficient (Wildman–Crippen LogP) is 2.58. The van der Waals surface area contributed by atoms with E-state index < -0.39 is 0 Å². The summed E-state index contributed by atoms with van der Waals surface area (Å²) in [5.74, 6) is 1.01. The standard InChI is InChI=1S/C11H16O2/c1-8-3-2-4-10(11(8)12)9-5-6-13-7-9/h3,9,12H,2,4-7H2,1H3. The highest BCUT2D eigenvalue weighted by molar-refractivity contribution is 5.33. The Hall–Kier alpha value is -0.760. The zero-order valence-electron chi connectivity index (χ0n) is 8.05. The van der Waals surface area contributed by atoms with E-state index in [0.717, 1.165) is 38.0 Å². The Morgan fingerprint density at radius 3 is 3.08 bits per heavy atom. The molecule has 0 bridgehead atoms. The normalized spacial score (nSPS) is 29.3. The summed E-state index contributed by atoms with van der Waals surface area (Å²) in [5.41, 5.74) is 2.26. The molecular formula is C11H16O2. The van der Waals surface area contributed by atoms with E-state index in [4.69, 9.17) is 4.74 Å². The first-order valence-corrected chi connectivity index (χ1v) is 4.96. The lowest BCUT2D eigenvalue weighted by Crippen LogP contribution is -2.10. The van der Waals surface area contributed by atoms with E-state index in [2.05, 4.69) is 6.08 Å². The maximum atomic E-state index is 9.85. The van der Waals surface area contributed by atoms with E-state index >= 15 is 0 Å². The van der Waals surface area contributed by atoms with E-state index in [1.54, 1.807) is 0 Å². The molecule has 2 heteroatoms. The summed E-state index contributed by atoms with van der Waals surface area (Å²) < 4.78 is 5.33. The van der Waals surface area contributed by atoms with Gasteiger partial charge in [0.1, 0.15) is 5.76 Å². The van der Waals surface area contributed by atoms with Crippen LogP contribution in [-0.4, -0.2) is 18.3 Å². The monoisotopic (exact) mass is 180 g/mol. The molecule has 0 saturated carbocycles. The highest BCUT2D eigenvalue weighted by Gasteiger charge is 2.24. The van der Waals surface area contributed by atoms with Gasteiger partial charge in [0.15, 0.2) is 0 Å². The van der Waals surface area contributed by atoms with Crippen molar-refractivity contribution < 1.29 is 9.84 Å². The molecule has 13 heavy (non-hydrogen) atoms. The van der Waals surface area contributed by atoms with Gasteiger partial charge in [0.05, 0.1) is 6.61 Å². The molecule has 0 radical (unpaired) electrons. The van der Waals surface area contributed by atoms with Crippen LogP contribution in [0.15, 0.2) is 23.0 Å². The summed E-state index contributed by atoms with van der Waals surface area (Å²) in [5, 5.41) is 9.85. The van der Waals surface area contributed by atoms with Gasteiger partial charge in [-0.3, -0.25) is 0 Å². The number of aliphatic hydroxyl groups excluding tert-OH is 1. The zero-order valence-corrected chi connectivity index (χ0v) is 8.05. The van der Waals surface area contributed by atoms with Crippen molar-refractivity contribution in [1.29, 1.82) is 0 Å². The average Bonchev–Trinajstić information content (AvgIpc) is 2.62. The Morgan fingerprint density at radius 2 is 2.38 bits per heavy atom. The molecule has 0 amide bonds. The van der Waals surface area contributed by atoms with Crippen LogP contribution in [-0.2, 0) is 4.74 Å². The molecule has 0 aromatic carbocycles. The topological polar surface area (TPSA) is 29.5 Å². The summed E-state index contributed by atoms with van der Waals surface area (Å²) in [7, 11) is 0. The van der Waals surface area contributed by atoms with Gasteiger partial charge in [-0.1, -0.05) is 6.08 Å². The van der Waals surface area contributed by atoms with E-state index in [9.17, 15) is 5.11 Å². The fourth-order valence-corrected chi connectivity index (χ4v) is 2.12. The van der Waals surface area contributed by atoms with E-state index in [1.807, 2.05) is 6.92 Å². The van der Waals surface area contributed by atoms with Crippen molar-refractivity contribution in [2.75, 3.05) is 13.2 Å². The van der Waals surface area contributed by atoms with Crippen molar-refractivity contribution >= 4 is 0 Å². The fraction of sp³-hybridized carbons (Fsp3) is 0.636. The van der Waals surface area contributed by atoms with Crippen molar-refractivity contribution in [3.8, 4) is 0 Å². The average molecular weight is 180 g/mol. The largest absolute Gasteiger partial charge is 0.508 e. The molecule has 1 aliphatic carbocycles. The predicted molar refractivity (Wildman–Crippen MR) is 51.6 cm³/mol. The zero-order chi connectivity index (χ0) is 9.26. The second kappa shape index (κ2) is 3.54. The van der Waals surface area contributed by atoms with Gasteiger partial charge < -0.3 is 9.84 Å². The van der Waals surface area contributed by atoms with Crippen LogP contribution in [0.3, 0.4) is 0 Å². The maximum absolute atomic E-state index is 9.85. The van der Waals surface area contributed by atoms with Gasteiger partial charge in [0.2, 0.25) is 0 Å². The quantitative estimate of drug-likeness (QED) is 0.672. The number of allylic oxidation sites excluding steroid dienone is 2. The molecule has 0 spiro atoms. The minimum absolute atomic E-state index is 0.476. The van der Waals surface area contributed by atoms with Gasteiger partial charge in [-0.05, 0) is 37.3 Å². The molecule has 1 heterocycles. The molecule has 1 atom stereocenters. The minimum Gasteiger partial charge on any atom is -0.508 e. The second-order valence-corrected chi connectivity index (χ2v) is 3.86. The highest BCUT2D eigenvalue weighted by atomic mass is 16.5. The van der Waals surface area contributed by atoms with Crippen LogP contribution < -0.4 is 0 Å². The Labute approximate surface area is 78.9 Å². The first-order chi connectivity index (χ1) is 6.29. The van der Waals surface area contributed by atoms with Crippen LogP contribution in [0.4, 0.5) is 0 Å². The molecule has 72 valence electrons. The first-order valence-electron chi connectivity index (χ1n) is 4.96. The van der Waals surface area contributed by atoms with Crippen LogP contribution in [0, 0.1) is 5.92 Å². The summed E-state index contributed by atoms with van der Waals surface area (Å²) in [6.45, 7) is 3.63. The van der Waals surface area contributed by atoms with E-state index in [1.165, 1.54) is 5.57 Å². The number of ether oxygens (including phenoxy) is 1. The van der Waals surface area contributed by atoms with Gasteiger partial charge >= 0.3 is 0 Å². The first kappa shape index (κ1) is 8.82. The van der Waals surface area contributed by atoms with Crippen molar-refractivity contribution in [2.24, 2.45) is 5.92 Å². The van der Waals surface area contributed by atoms with Gasteiger partial charge in [0.25, 0.3) is 0 Å². The van der Waals surface area contributed by atoms with Gasteiger partial charge in [-0.2, -0.15) is 0 Å². The van der Waals surface area contributed by atoms with E-state index in [0.29, 0.717) is 11.7 Å². The highest BCUT2D eigenvalue weighted by Crippen LogP contribution is 2.32. The molecule has 2 nitrogen and oxygen atoms in total. The van der Waals surface area contributed by atoms with Crippen molar-refractivity contribution in [3.63, 3.8) is 0 Å². The van der Waals surface area contributed by atoms with E-state index in [-0.39, 0.29) is 0 Å². The number of rotatable bonds is 1. The van der Waals surface area contributed by atoms with Crippen LogP contribution in [0.25, 0.3) is 0 Å². The summed E-state index contributed by atoms with van der Waals surface area (Å²) in [6.07, 6.45) is 5.26. The number of hydrogen-bond donors (Lipinski definition) is 1. The minimum atomic E-state index is 0.476. The summed E-state index contributed by atoms with van der Waals surface area (Å²) >= 11 is 0. The van der Waals surface area contributed by atoms with Crippen molar-refractivity contribution in [2.45, 2.75) is 26.2 Å². The Balaban J connectivity index is 2.20. The SMILES string of the molecule is CC1=CCCC(C2CCOC2)=C1O. The molecule has 1 aliphatic heterocycles. The molecule has 1 saturated heterocycles. The third kappa shape index (κ3) is 1.63. The molecule has 1 fully saturated rings. The summed E-state index contributed by atoms with van der Waals surface area (Å²) in [6, 6.07) is 0. The molecular weight excluding hydrogens is 164 g/mol. The van der Waals surface area contributed by atoms with Gasteiger partial charge in [-0.15, -0.1) is 0 Å². The number of aliphatic hydroxyl groups is 1. The molecule has 2 rings (SSSR count). The third-order valence-electron chi connectivity index (χ3n) is 2.96. The molecule has 1 N–H and O–H groups in total. The van der Waals surface area contributed by atoms with Gasteiger partial charge in [-0.25, -0.2) is 0 Å². The van der Waals surface area contributed by atoms with Crippen LogP contribution >= 0.6 is 0 Å². The summed E-state index contributed by atoms with van der Waals surface area (Å²) in [4.78, 5) is 0. The van der Waals surface area contributed by atoms with Crippen molar-refractivity contribution in [3.05, 3.63) is 23.0 Å². The molecule has 2 aliphatic rings. The fourth-order valence-electron chi connectivity index (χ4n) is 2.12. The Kier molecular flexibility index (Phi) is 2.40. The smallest absolute Gasteiger partial charge is 0.117 e. The second-order valence-electron chi connectivity index (χ2n) is 3.86. The molecule has 0 aromatic rings. The lowest BCUT2D eigenvalue weighted by atomic mass is 9.88. The third-order valence-corrected chi connectivity index (χ3v) is 2.96. The van der Waals surface area contributed by atoms with Crippen molar-refractivity contribution in [1.82, 2.24) is 0 Å².